The second-order valence-corrected chi connectivity index (χ2v) is 16.4. The Morgan fingerprint density at radius 3 is 1.56 bits per heavy atom. The molecular weight excluding hydrogens is 879 g/mol. The van der Waals surface area contributed by atoms with Crippen LogP contribution in [0, 0.1) is 35.1 Å². The Bertz CT molecular complexity index is 2250. The molecule has 62 heavy (non-hydrogen) atoms. The van der Waals surface area contributed by atoms with E-state index in [-0.39, 0.29) is 41.1 Å². The fourth-order valence-electron chi connectivity index (χ4n) is 5.85. The molecule has 0 amide bonds. The largest absolute Gasteiger partial charge is 1.00 e. The van der Waals surface area contributed by atoms with Crippen molar-refractivity contribution in [2.75, 3.05) is 66.8 Å². The fraction of sp³-hybridized carbons (Fsp3) is 0.422. The van der Waals surface area contributed by atoms with Crippen molar-refractivity contribution in [1.29, 1.82) is 0 Å². The first kappa shape index (κ1) is 54.4. The quantitative estimate of drug-likeness (QED) is 0.0635. The number of nitrogens with two attached hydrogens (primary N) is 1. The van der Waals surface area contributed by atoms with Crippen LogP contribution in [0.15, 0.2) is 77.5 Å². The van der Waals surface area contributed by atoms with Gasteiger partial charge in [0.05, 0.1) is 33.6 Å². The second kappa shape index (κ2) is 27.4. The molecule has 0 unspecified atom stereocenters. The molecule has 0 fully saturated rings. The standard InChI is InChI=1S/C22H28F2N4O.C17H15BrF2N2O.C5H14N2.CH3O.Na/c1-15(2)14-28-20-12-19(25-8-5-9-27(3)4)22(10-16(20)13-26-28)29-21-7-6-17(23)11-18(21)24;1-10(2)9-22-15-7-13(18)17(5-11(15)8-21-22)23-16-4-3-12(19)6-14(16)20;1-7(2)5-3-4-6;1-2;/h6-7,10-13,15,25H,5,8-9,14H2,1-4H3;3-8,10H,9H2,1-2H3;3-6H2,1-2H3;1H3;/q;;;-1;+1. The third-order valence-corrected chi connectivity index (χ3v) is 9.27. The van der Waals surface area contributed by atoms with Crippen molar-refractivity contribution in [2.45, 2.75) is 53.6 Å². The van der Waals surface area contributed by atoms with E-state index in [9.17, 15) is 17.6 Å². The third kappa shape index (κ3) is 17.4. The summed E-state index contributed by atoms with van der Waals surface area (Å²) in [6.07, 6.45) is 5.58. The van der Waals surface area contributed by atoms with E-state index in [2.05, 4.69) is 83.0 Å². The average molecular weight is 940 g/mol. The van der Waals surface area contributed by atoms with Crippen molar-refractivity contribution in [3.05, 3.63) is 101 Å². The molecule has 334 valence electrons. The molecule has 0 saturated heterocycles. The monoisotopic (exact) mass is 938 g/mol. The van der Waals surface area contributed by atoms with Crippen molar-refractivity contribution in [3.8, 4) is 23.0 Å². The summed E-state index contributed by atoms with van der Waals surface area (Å²) in [6, 6.07) is 14.0. The molecule has 2 heterocycles. The number of rotatable bonds is 16. The summed E-state index contributed by atoms with van der Waals surface area (Å²) < 4.78 is 70.0. The summed E-state index contributed by atoms with van der Waals surface area (Å²) in [6.45, 7) is 13.7. The van der Waals surface area contributed by atoms with Gasteiger partial charge in [-0.1, -0.05) is 27.7 Å². The molecule has 3 N–H and O–H groups in total. The van der Waals surface area contributed by atoms with Gasteiger partial charge in [0, 0.05) is 42.5 Å². The molecule has 0 atom stereocenters. The zero-order valence-corrected chi connectivity index (χ0v) is 41.2. The fourth-order valence-corrected chi connectivity index (χ4v) is 6.26. The molecule has 0 saturated carbocycles. The Balaban J connectivity index is 0.000000358. The average Bonchev–Trinajstić information content (AvgIpc) is 3.77. The maximum atomic E-state index is 14.1. The molecule has 17 heteroatoms. The number of halogens is 5. The minimum Gasteiger partial charge on any atom is -0.857 e. The van der Waals surface area contributed by atoms with Crippen LogP contribution in [0.4, 0.5) is 23.2 Å². The van der Waals surface area contributed by atoms with Gasteiger partial charge in [0.1, 0.15) is 17.4 Å². The predicted octanol–water partition coefficient (Wildman–Crippen LogP) is 6.53. The minimum absolute atomic E-state index is 0. The van der Waals surface area contributed by atoms with E-state index in [0.29, 0.717) is 27.8 Å². The summed E-state index contributed by atoms with van der Waals surface area (Å²) >= 11 is 3.44. The Kier molecular flexibility index (Phi) is 24.1. The van der Waals surface area contributed by atoms with Crippen LogP contribution in [-0.2, 0) is 13.1 Å². The summed E-state index contributed by atoms with van der Waals surface area (Å²) in [5.41, 5.74) is 7.96. The van der Waals surface area contributed by atoms with Gasteiger partial charge in [0.15, 0.2) is 28.9 Å². The van der Waals surface area contributed by atoms with Crippen LogP contribution in [0.3, 0.4) is 0 Å². The topological polar surface area (TPSA) is 122 Å². The number of hydrogen-bond acceptors (Lipinski definition) is 9. The van der Waals surface area contributed by atoms with Crippen molar-refractivity contribution >= 4 is 43.4 Å². The Labute approximate surface area is 394 Å². The van der Waals surface area contributed by atoms with E-state index in [1.807, 2.05) is 41.7 Å². The smallest absolute Gasteiger partial charge is 0.857 e. The van der Waals surface area contributed by atoms with Crippen LogP contribution in [0.2, 0.25) is 0 Å². The number of nitrogens with zero attached hydrogens (tertiary/aromatic N) is 6. The molecule has 11 nitrogen and oxygen atoms in total. The van der Waals surface area contributed by atoms with Gasteiger partial charge in [0.25, 0.3) is 0 Å². The molecule has 6 rings (SSSR count). The van der Waals surface area contributed by atoms with Crippen LogP contribution >= 0.6 is 15.9 Å². The number of aromatic nitrogens is 4. The number of ether oxygens (including phenoxy) is 2. The molecule has 0 radical (unpaired) electrons. The maximum absolute atomic E-state index is 14.1. The Morgan fingerprint density at radius 2 is 1.13 bits per heavy atom. The van der Waals surface area contributed by atoms with Crippen molar-refractivity contribution in [1.82, 2.24) is 29.4 Å². The van der Waals surface area contributed by atoms with Gasteiger partial charge in [-0.2, -0.15) is 17.3 Å². The van der Waals surface area contributed by atoms with Gasteiger partial charge < -0.3 is 35.4 Å². The van der Waals surface area contributed by atoms with Gasteiger partial charge in [-0.15, -0.1) is 0 Å². The van der Waals surface area contributed by atoms with Gasteiger partial charge in [-0.3, -0.25) is 9.36 Å². The van der Waals surface area contributed by atoms with E-state index >= 15 is 0 Å². The van der Waals surface area contributed by atoms with E-state index < -0.39 is 23.3 Å². The van der Waals surface area contributed by atoms with E-state index in [1.54, 1.807) is 18.5 Å². The minimum atomic E-state index is -0.743. The van der Waals surface area contributed by atoms with Crippen LogP contribution < -0.4 is 55.2 Å². The van der Waals surface area contributed by atoms with E-state index in [4.69, 9.17) is 20.3 Å². The number of benzene rings is 4. The SMILES string of the molecule is CC(C)Cn1ncc2cc(Oc3ccc(F)cc3F)c(Br)cc21.CC(C)Cn1ncc2cc(Oc3ccc(F)cc3F)c(NCCCN(C)C)cc21.CN(C)CCCN.C[O-].[Na+]. The summed E-state index contributed by atoms with van der Waals surface area (Å²) in [5.74, 6) is -0.935. The number of nitrogens with one attached hydrogen (secondary N) is 1. The normalized spacial score (nSPS) is 10.9. The second-order valence-electron chi connectivity index (χ2n) is 15.6. The van der Waals surface area contributed by atoms with E-state index in [1.165, 1.54) is 18.2 Å². The Morgan fingerprint density at radius 1 is 0.677 bits per heavy atom. The number of anilines is 1. The zero-order valence-electron chi connectivity index (χ0n) is 37.6. The van der Waals surface area contributed by atoms with Crippen LogP contribution in [-0.4, -0.2) is 90.8 Å². The first-order chi connectivity index (χ1) is 29.0. The molecule has 4 aromatic carbocycles. The molecule has 0 spiro atoms. The van der Waals surface area contributed by atoms with Crippen molar-refractivity contribution in [3.63, 3.8) is 0 Å². The molecular formula is C45H60BrF4N8NaO3. The third-order valence-electron chi connectivity index (χ3n) is 8.65. The zero-order chi connectivity index (χ0) is 45.2. The molecule has 0 aliphatic carbocycles. The first-order valence-corrected chi connectivity index (χ1v) is 20.9. The van der Waals surface area contributed by atoms with Gasteiger partial charge >= 0.3 is 29.6 Å². The molecule has 0 aliphatic rings. The van der Waals surface area contributed by atoms with Gasteiger partial charge in [0.2, 0.25) is 0 Å². The van der Waals surface area contributed by atoms with Crippen molar-refractivity contribution < 1.29 is 61.7 Å². The molecule has 2 aromatic heterocycles. The van der Waals surface area contributed by atoms with Crippen LogP contribution in [0.1, 0.15) is 40.5 Å². The van der Waals surface area contributed by atoms with Crippen LogP contribution in [0.5, 0.6) is 23.0 Å². The van der Waals surface area contributed by atoms with Crippen LogP contribution in [0.25, 0.3) is 21.8 Å². The van der Waals surface area contributed by atoms with E-state index in [0.717, 1.165) is 105 Å². The summed E-state index contributed by atoms with van der Waals surface area (Å²) in [5, 5.41) is 22.3. The maximum Gasteiger partial charge on any atom is 1.00 e. The molecule has 0 bridgehead atoms. The number of hydrogen-bond donors (Lipinski definition) is 2. The number of fused-ring (bicyclic) bond motifs is 2. The first-order valence-electron chi connectivity index (χ1n) is 20.1. The van der Waals surface area contributed by atoms with Gasteiger partial charge in [-0.25, -0.2) is 17.6 Å². The molecule has 0 aliphatic heterocycles. The summed E-state index contributed by atoms with van der Waals surface area (Å²) in [4.78, 5) is 4.25. The molecule has 6 aromatic rings. The predicted molar refractivity (Wildman–Crippen MR) is 240 cm³/mol. The van der Waals surface area contributed by atoms with Crippen molar-refractivity contribution in [2.24, 2.45) is 17.6 Å². The Hall–Kier alpha value is -3.74. The summed E-state index contributed by atoms with van der Waals surface area (Å²) in [7, 11) is 8.91. The van der Waals surface area contributed by atoms with Gasteiger partial charge in [-0.05, 0) is 137 Å².